The topological polar surface area (TPSA) is 146 Å². The highest BCUT2D eigenvalue weighted by Gasteiger charge is 2.27. The van der Waals surface area contributed by atoms with Crippen LogP contribution in [0.5, 0.6) is 11.5 Å². The van der Waals surface area contributed by atoms with Crippen LogP contribution in [0.3, 0.4) is 0 Å². The molecule has 1 N–H and O–H groups in total. The predicted molar refractivity (Wildman–Crippen MR) is 219 cm³/mol. The molecule has 0 atom stereocenters. The van der Waals surface area contributed by atoms with Gasteiger partial charge in [-0.1, -0.05) is 19.4 Å². The number of piperidine rings is 2. The van der Waals surface area contributed by atoms with Gasteiger partial charge in [-0.2, -0.15) is 0 Å². The minimum absolute atomic E-state index is 0.0278. The molecule has 7 rings (SSSR count). The van der Waals surface area contributed by atoms with Gasteiger partial charge in [0.1, 0.15) is 11.5 Å². The summed E-state index contributed by atoms with van der Waals surface area (Å²) in [5.74, 6) is 1.51. The second kappa shape index (κ2) is 18.3. The molecule has 14 heteroatoms. The Bertz CT molecular complexity index is 2380. The van der Waals surface area contributed by atoms with Gasteiger partial charge < -0.3 is 28.2 Å². The zero-order valence-electron chi connectivity index (χ0n) is 33.2. The van der Waals surface area contributed by atoms with Gasteiger partial charge in [0, 0.05) is 101 Å². The monoisotopic (exact) mass is 779 g/mol. The number of ether oxygens (including phenoxy) is 3. The number of fused-ring (bicyclic) bond motifs is 1. The molecule has 2 aliphatic rings. The molecule has 14 nitrogen and oxygen atoms in total. The van der Waals surface area contributed by atoms with E-state index in [1.807, 2.05) is 18.3 Å². The number of aromatic amines is 1. The van der Waals surface area contributed by atoms with Crippen molar-refractivity contribution >= 4 is 10.8 Å². The molecule has 0 unspecified atom stereocenters. The zero-order valence-corrected chi connectivity index (χ0v) is 33.2. The molecule has 1 aromatic carbocycles. The van der Waals surface area contributed by atoms with Gasteiger partial charge in [-0.15, -0.1) is 0 Å². The van der Waals surface area contributed by atoms with Gasteiger partial charge in [0.15, 0.2) is 0 Å². The van der Waals surface area contributed by atoms with E-state index in [9.17, 15) is 19.2 Å². The quantitative estimate of drug-likeness (QED) is 0.165. The normalized spacial score (nSPS) is 16.0. The summed E-state index contributed by atoms with van der Waals surface area (Å²) in [4.78, 5) is 61.2. The summed E-state index contributed by atoms with van der Waals surface area (Å²) >= 11 is 0. The maximum absolute atomic E-state index is 13.3. The standard InChI is InChI=1S/C43H53N7O7/c1-4-5-15-49-29-36(34-8-14-44-26-35(34)42(49)53)31-24-38(55-2)37(39(25-31)56-3)28-47-19-11-33(12-20-47)57-32-9-17-46(18-10-32)22-23-48-16-6-7-30(41(48)52)27-50-21-13-40(51)45-43(50)54/h6-8,13-14,16,21,24-26,29,32-33H,4-5,9-12,15,17-20,22-23,27-28H2,1-3H3,(H,45,51,54). The minimum Gasteiger partial charge on any atom is -0.496 e. The number of rotatable bonds is 15. The number of pyridine rings is 3. The van der Waals surface area contributed by atoms with E-state index in [0.29, 0.717) is 30.6 Å². The Hall–Kier alpha value is -5.31. The number of hydrogen-bond acceptors (Lipinski definition) is 10. The Morgan fingerprint density at radius 2 is 1.46 bits per heavy atom. The van der Waals surface area contributed by atoms with E-state index in [1.165, 1.54) is 16.8 Å². The van der Waals surface area contributed by atoms with E-state index in [1.54, 1.807) is 48.0 Å². The Balaban J connectivity index is 0.915. The lowest BCUT2D eigenvalue weighted by atomic mass is 9.98. The molecule has 4 aromatic heterocycles. The van der Waals surface area contributed by atoms with E-state index in [-0.39, 0.29) is 29.9 Å². The number of benzene rings is 1. The van der Waals surface area contributed by atoms with E-state index in [0.717, 1.165) is 105 Å². The molecule has 0 spiro atoms. The van der Waals surface area contributed by atoms with Crippen molar-refractivity contribution in [1.82, 2.24) is 33.5 Å². The molecule has 2 saturated heterocycles. The SMILES string of the molecule is CCCCn1cc(-c2cc(OC)c(CN3CCC(OC4CCN(CCn5cccc(Cn6ccc(=O)[nH]c6=O)c5=O)CC4)CC3)c(OC)c2)c2ccncc2c1=O. The first kappa shape index (κ1) is 39.9. The maximum atomic E-state index is 13.3. The van der Waals surface area contributed by atoms with Gasteiger partial charge in [-0.05, 0) is 67.3 Å². The summed E-state index contributed by atoms with van der Waals surface area (Å²) in [6.45, 7) is 8.49. The molecule has 2 aliphatic heterocycles. The summed E-state index contributed by atoms with van der Waals surface area (Å²) in [7, 11) is 3.39. The fraction of sp³-hybridized carbons (Fsp3) is 0.465. The average molecular weight is 780 g/mol. The summed E-state index contributed by atoms with van der Waals surface area (Å²) in [6.07, 6.45) is 14.7. The first-order valence-corrected chi connectivity index (χ1v) is 20.0. The molecular formula is C43H53N7O7. The largest absolute Gasteiger partial charge is 0.496 e. The highest BCUT2D eigenvalue weighted by molar-refractivity contribution is 5.95. The van der Waals surface area contributed by atoms with Crippen molar-refractivity contribution in [1.29, 1.82) is 0 Å². The van der Waals surface area contributed by atoms with Crippen LogP contribution in [0.25, 0.3) is 21.9 Å². The maximum Gasteiger partial charge on any atom is 0.328 e. The first-order chi connectivity index (χ1) is 27.7. The van der Waals surface area contributed by atoms with E-state index in [2.05, 4.69) is 38.8 Å². The third-order valence-electron chi connectivity index (χ3n) is 11.4. The second-order valence-electron chi connectivity index (χ2n) is 15.1. The number of H-pyrrole nitrogens is 1. The summed E-state index contributed by atoms with van der Waals surface area (Å²) < 4.78 is 23.4. The molecule has 0 radical (unpaired) electrons. The number of likely N-dealkylation sites (tertiary alicyclic amines) is 2. The minimum atomic E-state index is -0.537. The summed E-state index contributed by atoms with van der Waals surface area (Å²) in [6, 6.07) is 10.8. The zero-order chi connectivity index (χ0) is 39.9. The average Bonchev–Trinajstić information content (AvgIpc) is 3.23. The Labute approximate surface area is 331 Å². The summed E-state index contributed by atoms with van der Waals surface area (Å²) in [5, 5.41) is 1.45. The lowest BCUT2D eigenvalue weighted by Crippen LogP contribution is -2.43. The van der Waals surface area contributed by atoms with Crippen molar-refractivity contribution in [2.45, 2.75) is 83.8 Å². The van der Waals surface area contributed by atoms with E-state index in [4.69, 9.17) is 14.2 Å². The Morgan fingerprint density at radius 1 is 0.754 bits per heavy atom. The third-order valence-corrected chi connectivity index (χ3v) is 11.4. The van der Waals surface area contributed by atoms with E-state index >= 15 is 0 Å². The van der Waals surface area contributed by atoms with Crippen molar-refractivity contribution in [3.63, 3.8) is 0 Å². The molecule has 6 heterocycles. The van der Waals surface area contributed by atoms with Crippen LogP contribution in [-0.2, 0) is 30.9 Å². The van der Waals surface area contributed by atoms with Crippen LogP contribution in [0.4, 0.5) is 0 Å². The fourth-order valence-electron chi connectivity index (χ4n) is 8.11. The highest BCUT2D eigenvalue weighted by atomic mass is 16.5. The molecule has 0 amide bonds. The Morgan fingerprint density at radius 3 is 2.12 bits per heavy atom. The van der Waals surface area contributed by atoms with Crippen molar-refractivity contribution in [2.24, 2.45) is 0 Å². The van der Waals surface area contributed by atoms with Crippen LogP contribution in [0.15, 0.2) is 86.6 Å². The van der Waals surface area contributed by atoms with E-state index < -0.39 is 11.2 Å². The number of aromatic nitrogens is 5. The van der Waals surface area contributed by atoms with Crippen LogP contribution in [0.2, 0.25) is 0 Å². The number of unbranched alkanes of at least 4 members (excludes halogenated alkanes) is 1. The van der Waals surface area contributed by atoms with Crippen LogP contribution >= 0.6 is 0 Å². The summed E-state index contributed by atoms with van der Waals surface area (Å²) in [5.41, 5.74) is 2.19. The highest BCUT2D eigenvalue weighted by Crippen LogP contribution is 2.38. The molecular weight excluding hydrogens is 727 g/mol. The second-order valence-corrected chi connectivity index (χ2v) is 15.1. The molecule has 0 aliphatic carbocycles. The van der Waals surface area contributed by atoms with Crippen LogP contribution in [-0.4, -0.2) is 92.6 Å². The van der Waals surface area contributed by atoms with Gasteiger partial charge in [0.05, 0.1) is 43.9 Å². The smallest absolute Gasteiger partial charge is 0.328 e. The van der Waals surface area contributed by atoms with Gasteiger partial charge in [-0.3, -0.25) is 33.8 Å². The molecule has 2 fully saturated rings. The third kappa shape index (κ3) is 9.30. The predicted octanol–water partition coefficient (Wildman–Crippen LogP) is 4.09. The van der Waals surface area contributed by atoms with Crippen LogP contribution in [0.1, 0.15) is 56.6 Å². The molecule has 5 aromatic rings. The van der Waals surface area contributed by atoms with Crippen molar-refractivity contribution in [2.75, 3.05) is 46.9 Å². The fourth-order valence-corrected chi connectivity index (χ4v) is 8.11. The first-order valence-electron chi connectivity index (χ1n) is 20.0. The number of methoxy groups -OCH3 is 2. The number of aryl methyl sites for hydroxylation is 1. The van der Waals surface area contributed by atoms with Gasteiger partial charge in [0.2, 0.25) is 0 Å². The number of nitrogens with one attached hydrogen (secondary N) is 1. The lowest BCUT2D eigenvalue weighted by molar-refractivity contribution is -0.0659. The lowest BCUT2D eigenvalue weighted by Gasteiger charge is -2.37. The molecule has 302 valence electrons. The van der Waals surface area contributed by atoms with Crippen LogP contribution < -0.4 is 31.8 Å². The number of nitrogens with zero attached hydrogens (tertiary/aromatic N) is 6. The molecule has 0 saturated carbocycles. The number of hydrogen-bond donors (Lipinski definition) is 1. The van der Waals surface area contributed by atoms with Gasteiger partial charge >= 0.3 is 5.69 Å². The molecule has 0 bridgehead atoms. The van der Waals surface area contributed by atoms with Gasteiger partial charge in [0.25, 0.3) is 16.7 Å². The van der Waals surface area contributed by atoms with Crippen molar-refractivity contribution < 1.29 is 14.2 Å². The van der Waals surface area contributed by atoms with Gasteiger partial charge in [-0.25, -0.2) is 4.79 Å². The van der Waals surface area contributed by atoms with Crippen molar-refractivity contribution in [3.8, 4) is 22.6 Å². The Kier molecular flexibility index (Phi) is 12.8. The van der Waals surface area contributed by atoms with Crippen LogP contribution in [0, 0.1) is 0 Å². The molecule has 57 heavy (non-hydrogen) atoms. The van der Waals surface area contributed by atoms with Crippen molar-refractivity contribution in [3.05, 3.63) is 120 Å².